The van der Waals surface area contributed by atoms with Crippen molar-refractivity contribution in [1.82, 2.24) is 0 Å². The Labute approximate surface area is 114 Å². The number of allylic oxidation sites excluding steroid dienone is 3. The van der Waals surface area contributed by atoms with E-state index >= 15 is 0 Å². The molecular formula is C14H12O4S. The molecule has 0 aromatic carbocycles. The molecule has 0 amide bonds. The van der Waals surface area contributed by atoms with E-state index in [4.69, 9.17) is 4.74 Å². The highest BCUT2D eigenvalue weighted by Crippen LogP contribution is 2.19. The van der Waals surface area contributed by atoms with Gasteiger partial charge in [0.2, 0.25) is 0 Å². The highest BCUT2D eigenvalue weighted by atomic mass is 32.1. The Morgan fingerprint density at radius 1 is 1.37 bits per heavy atom. The van der Waals surface area contributed by atoms with Crippen molar-refractivity contribution in [3.63, 3.8) is 0 Å². The van der Waals surface area contributed by atoms with Gasteiger partial charge in [-0.3, -0.25) is 14.4 Å². The van der Waals surface area contributed by atoms with E-state index in [0.717, 1.165) is 10.4 Å². The molecule has 0 saturated heterocycles. The molecule has 1 aromatic heterocycles. The quantitative estimate of drug-likeness (QED) is 0.483. The minimum Gasteiger partial charge on any atom is -0.430 e. The third-order valence-electron chi connectivity index (χ3n) is 2.71. The van der Waals surface area contributed by atoms with Crippen LogP contribution in [-0.4, -0.2) is 17.5 Å². The molecule has 2 heterocycles. The van der Waals surface area contributed by atoms with E-state index in [1.54, 1.807) is 6.08 Å². The Morgan fingerprint density at radius 2 is 2.11 bits per heavy atom. The molecule has 1 aliphatic heterocycles. The summed E-state index contributed by atoms with van der Waals surface area (Å²) in [5, 5.41) is 1.91. The van der Waals surface area contributed by atoms with Crippen LogP contribution in [0.3, 0.4) is 0 Å². The summed E-state index contributed by atoms with van der Waals surface area (Å²) < 4.78 is 4.80. The second-order valence-electron chi connectivity index (χ2n) is 4.22. The summed E-state index contributed by atoms with van der Waals surface area (Å²) >= 11 is 1.49. The van der Waals surface area contributed by atoms with Gasteiger partial charge in [0.25, 0.3) is 0 Å². The Hall–Kier alpha value is -2.01. The van der Waals surface area contributed by atoms with Gasteiger partial charge in [0.05, 0.1) is 0 Å². The van der Waals surface area contributed by atoms with Crippen molar-refractivity contribution >= 4 is 34.9 Å². The number of aryl methyl sites for hydroxylation is 1. The SMILES string of the molecule is CC1=CC(=O)C(C(=O)/C=C/c2sccc2C)C(=O)O1. The predicted octanol–water partition coefficient (Wildman–Crippen LogP) is 2.28. The standard InChI is InChI=1S/C14H12O4S/c1-8-5-6-19-12(8)4-3-10(15)13-11(16)7-9(2)18-14(13)17/h3-7,13H,1-2H3/b4-3+. The Bertz CT molecular complexity index is 607. The normalized spacial score (nSPS) is 19.5. The van der Waals surface area contributed by atoms with Crippen molar-refractivity contribution in [3.05, 3.63) is 39.8 Å². The van der Waals surface area contributed by atoms with E-state index in [-0.39, 0.29) is 5.76 Å². The lowest BCUT2D eigenvalue weighted by Gasteiger charge is -2.15. The monoisotopic (exact) mass is 276 g/mol. The third-order valence-corrected chi connectivity index (χ3v) is 3.70. The average Bonchev–Trinajstić information content (AvgIpc) is 2.70. The van der Waals surface area contributed by atoms with Gasteiger partial charge in [0, 0.05) is 11.0 Å². The molecule has 0 saturated carbocycles. The smallest absolute Gasteiger partial charge is 0.329 e. The lowest BCUT2D eigenvalue weighted by molar-refractivity contribution is -0.151. The Morgan fingerprint density at radius 3 is 2.68 bits per heavy atom. The first-order chi connectivity index (χ1) is 8.99. The van der Waals surface area contributed by atoms with Gasteiger partial charge >= 0.3 is 5.97 Å². The third kappa shape index (κ3) is 2.88. The van der Waals surface area contributed by atoms with E-state index in [1.807, 2.05) is 18.4 Å². The maximum Gasteiger partial charge on any atom is 0.329 e. The Balaban J connectivity index is 2.17. The second kappa shape index (κ2) is 5.32. The van der Waals surface area contributed by atoms with Crippen LogP contribution in [0.5, 0.6) is 0 Å². The molecule has 4 nitrogen and oxygen atoms in total. The minimum atomic E-state index is -1.36. The fraction of sp³-hybridized carbons (Fsp3) is 0.214. The van der Waals surface area contributed by atoms with Gasteiger partial charge in [-0.05, 0) is 43.0 Å². The summed E-state index contributed by atoms with van der Waals surface area (Å²) in [4.78, 5) is 36.0. The second-order valence-corrected chi connectivity index (χ2v) is 5.16. The average molecular weight is 276 g/mol. The maximum absolute atomic E-state index is 11.9. The highest BCUT2D eigenvalue weighted by molar-refractivity contribution is 7.11. The number of carbonyl (C=O) groups excluding carboxylic acids is 3. The van der Waals surface area contributed by atoms with Crippen LogP contribution in [0.1, 0.15) is 17.4 Å². The summed E-state index contributed by atoms with van der Waals surface area (Å²) in [6.45, 7) is 3.42. The summed E-state index contributed by atoms with van der Waals surface area (Å²) in [5.74, 6) is -3.02. The molecule has 0 bridgehead atoms. The molecule has 0 radical (unpaired) electrons. The molecule has 1 unspecified atom stereocenters. The number of ether oxygens (including phenoxy) is 1. The van der Waals surface area contributed by atoms with Crippen molar-refractivity contribution < 1.29 is 19.1 Å². The molecule has 5 heteroatoms. The molecule has 19 heavy (non-hydrogen) atoms. The van der Waals surface area contributed by atoms with Gasteiger partial charge in [0.15, 0.2) is 17.5 Å². The van der Waals surface area contributed by atoms with Crippen molar-refractivity contribution in [2.24, 2.45) is 5.92 Å². The van der Waals surface area contributed by atoms with Gasteiger partial charge in [-0.2, -0.15) is 0 Å². The number of rotatable bonds is 3. The number of thiophene rings is 1. The van der Waals surface area contributed by atoms with Crippen LogP contribution in [0.15, 0.2) is 29.4 Å². The molecule has 0 aliphatic carbocycles. The lowest BCUT2D eigenvalue weighted by atomic mass is 9.96. The van der Waals surface area contributed by atoms with Crippen LogP contribution < -0.4 is 0 Å². The van der Waals surface area contributed by atoms with E-state index in [9.17, 15) is 14.4 Å². The van der Waals surface area contributed by atoms with Crippen LogP contribution in [0, 0.1) is 12.8 Å². The first kappa shape index (κ1) is 13.4. The molecule has 1 aliphatic rings. The van der Waals surface area contributed by atoms with E-state index < -0.39 is 23.5 Å². The number of carbonyl (C=O) groups is 3. The van der Waals surface area contributed by atoms with Crippen LogP contribution in [-0.2, 0) is 19.1 Å². The Kier molecular flexibility index (Phi) is 3.76. The molecule has 1 atom stereocenters. The van der Waals surface area contributed by atoms with Crippen molar-refractivity contribution in [3.8, 4) is 0 Å². The zero-order valence-electron chi connectivity index (χ0n) is 10.5. The number of hydrogen-bond acceptors (Lipinski definition) is 5. The topological polar surface area (TPSA) is 60.4 Å². The predicted molar refractivity (Wildman–Crippen MR) is 71.4 cm³/mol. The summed E-state index contributed by atoms with van der Waals surface area (Å²) in [6.07, 6.45) is 4.05. The van der Waals surface area contributed by atoms with Crippen molar-refractivity contribution in [2.75, 3.05) is 0 Å². The molecule has 0 fully saturated rings. The van der Waals surface area contributed by atoms with Gasteiger partial charge in [-0.15, -0.1) is 11.3 Å². The highest BCUT2D eigenvalue weighted by Gasteiger charge is 2.36. The van der Waals surface area contributed by atoms with E-state index in [2.05, 4.69) is 0 Å². The number of ketones is 2. The fourth-order valence-corrected chi connectivity index (χ4v) is 2.53. The zero-order valence-corrected chi connectivity index (χ0v) is 11.3. The molecule has 2 rings (SSSR count). The van der Waals surface area contributed by atoms with Gasteiger partial charge in [0.1, 0.15) is 5.76 Å². The molecular weight excluding hydrogens is 264 g/mol. The number of esters is 1. The number of cyclic esters (lactones) is 1. The molecule has 98 valence electrons. The maximum atomic E-state index is 11.9. The largest absolute Gasteiger partial charge is 0.430 e. The summed E-state index contributed by atoms with van der Waals surface area (Å²) in [5.41, 5.74) is 1.04. The fourth-order valence-electron chi connectivity index (χ4n) is 1.71. The van der Waals surface area contributed by atoms with Gasteiger partial charge in [-0.25, -0.2) is 0 Å². The van der Waals surface area contributed by atoms with Crippen LogP contribution >= 0.6 is 11.3 Å². The first-order valence-corrected chi connectivity index (χ1v) is 6.57. The number of hydrogen-bond donors (Lipinski definition) is 0. The minimum absolute atomic E-state index is 0.220. The van der Waals surface area contributed by atoms with Crippen molar-refractivity contribution in [1.29, 1.82) is 0 Å². The van der Waals surface area contributed by atoms with Crippen LogP contribution in [0.2, 0.25) is 0 Å². The van der Waals surface area contributed by atoms with Crippen LogP contribution in [0.4, 0.5) is 0 Å². The van der Waals surface area contributed by atoms with E-state index in [0.29, 0.717) is 0 Å². The molecule has 1 aromatic rings. The summed E-state index contributed by atoms with van der Waals surface area (Å²) in [7, 11) is 0. The van der Waals surface area contributed by atoms with E-state index in [1.165, 1.54) is 30.4 Å². The summed E-state index contributed by atoms with van der Waals surface area (Å²) in [6, 6.07) is 1.93. The lowest BCUT2D eigenvalue weighted by Crippen LogP contribution is -2.34. The zero-order chi connectivity index (χ0) is 14.0. The first-order valence-electron chi connectivity index (χ1n) is 5.69. The molecule has 0 N–H and O–H groups in total. The molecule has 0 spiro atoms. The van der Waals surface area contributed by atoms with Crippen molar-refractivity contribution in [2.45, 2.75) is 13.8 Å². The van der Waals surface area contributed by atoms with Gasteiger partial charge < -0.3 is 4.74 Å². The van der Waals surface area contributed by atoms with Crippen LogP contribution in [0.25, 0.3) is 6.08 Å². The van der Waals surface area contributed by atoms with Gasteiger partial charge in [-0.1, -0.05) is 0 Å².